The number of hydrogen-bond donors (Lipinski definition) is 0. The monoisotopic (exact) mass is 192 g/mol. The number of methoxy groups -OCH3 is 1. The molecule has 74 valence electrons. The number of ether oxygens (including phenoxy) is 1. The molecule has 0 aliphatic carbocycles. The smallest absolute Gasteiger partial charge is 0.272 e. The SMILES string of the molecule is COC(C(F)CF)C(F)C(F)F. The van der Waals surface area contributed by atoms with Gasteiger partial charge in [0, 0.05) is 7.11 Å². The molecule has 0 N–H and O–H groups in total. The van der Waals surface area contributed by atoms with E-state index in [1.54, 1.807) is 0 Å². The van der Waals surface area contributed by atoms with Crippen LogP contribution in [0.1, 0.15) is 0 Å². The van der Waals surface area contributed by atoms with Crippen LogP contribution in [0, 0.1) is 0 Å². The molecule has 0 aromatic rings. The summed E-state index contributed by atoms with van der Waals surface area (Å²) in [7, 11) is 0.849. The van der Waals surface area contributed by atoms with Crippen LogP contribution in [0.15, 0.2) is 0 Å². The lowest BCUT2D eigenvalue weighted by Crippen LogP contribution is -2.39. The molecule has 0 aliphatic heterocycles. The first-order valence-corrected chi connectivity index (χ1v) is 3.19. The highest BCUT2D eigenvalue weighted by atomic mass is 19.3. The molecule has 0 heterocycles. The van der Waals surface area contributed by atoms with E-state index >= 15 is 0 Å². The van der Waals surface area contributed by atoms with E-state index < -0.39 is 31.5 Å². The molecule has 6 heteroatoms. The predicted molar refractivity (Wildman–Crippen MR) is 32.6 cm³/mol. The fraction of sp³-hybridized carbons (Fsp3) is 1.00. The lowest BCUT2D eigenvalue weighted by Gasteiger charge is -2.20. The summed E-state index contributed by atoms with van der Waals surface area (Å²) in [6.45, 7) is -1.54. The first-order chi connectivity index (χ1) is 5.54. The highest BCUT2D eigenvalue weighted by molar-refractivity contribution is 4.78. The maximum Gasteiger partial charge on any atom is 0.272 e. The summed E-state index contributed by atoms with van der Waals surface area (Å²) in [6.07, 6.45) is -10.5. The zero-order chi connectivity index (χ0) is 9.72. The van der Waals surface area contributed by atoms with Crippen molar-refractivity contribution in [2.24, 2.45) is 0 Å². The van der Waals surface area contributed by atoms with Crippen molar-refractivity contribution in [2.75, 3.05) is 13.8 Å². The summed E-state index contributed by atoms with van der Waals surface area (Å²) >= 11 is 0. The molecule has 12 heavy (non-hydrogen) atoms. The van der Waals surface area contributed by atoms with Crippen LogP contribution in [0.5, 0.6) is 0 Å². The van der Waals surface area contributed by atoms with Gasteiger partial charge in [-0.05, 0) is 0 Å². The lowest BCUT2D eigenvalue weighted by atomic mass is 10.1. The summed E-state index contributed by atoms with van der Waals surface area (Å²) in [5, 5.41) is 0. The largest absolute Gasteiger partial charge is 0.375 e. The van der Waals surface area contributed by atoms with Crippen LogP contribution in [0.25, 0.3) is 0 Å². The molecule has 0 fully saturated rings. The fourth-order valence-corrected chi connectivity index (χ4v) is 0.708. The Morgan fingerprint density at radius 2 is 1.67 bits per heavy atom. The van der Waals surface area contributed by atoms with E-state index in [-0.39, 0.29) is 0 Å². The van der Waals surface area contributed by atoms with Gasteiger partial charge in [-0.25, -0.2) is 22.0 Å². The molecule has 0 amide bonds. The van der Waals surface area contributed by atoms with Crippen LogP contribution in [0.3, 0.4) is 0 Å². The van der Waals surface area contributed by atoms with Crippen LogP contribution in [-0.4, -0.2) is 38.7 Å². The van der Waals surface area contributed by atoms with Crippen molar-refractivity contribution in [3.63, 3.8) is 0 Å². The molecule has 3 unspecified atom stereocenters. The maximum atomic E-state index is 12.3. The molecule has 0 radical (unpaired) electrons. The topological polar surface area (TPSA) is 9.23 Å². The highest BCUT2D eigenvalue weighted by Crippen LogP contribution is 2.17. The van der Waals surface area contributed by atoms with Crippen molar-refractivity contribution in [3.8, 4) is 0 Å². The Hall–Kier alpha value is -0.390. The van der Waals surface area contributed by atoms with Gasteiger partial charge in [-0.1, -0.05) is 0 Å². The molecule has 0 aliphatic rings. The number of halogens is 5. The Morgan fingerprint density at radius 3 is 1.92 bits per heavy atom. The Labute approximate surface area is 66.5 Å². The van der Waals surface area contributed by atoms with Gasteiger partial charge in [-0.2, -0.15) is 0 Å². The summed E-state index contributed by atoms with van der Waals surface area (Å²) in [6, 6.07) is 0. The third-order valence-corrected chi connectivity index (χ3v) is 1.33. The summed E-state index contributed by atoms with van der Waals surface area (Å²) < 4.78 is 63.6. The average molecular weight is 192 g/mol. The summed E-state index contributed by atoms with van der Waals surface area (Å²) in [5.74, 6) is 0. The van der Waals surface area contributed by atoms with Gasteiger partial charge in [0.2, 0.25) is 0 Å². The van der Waals surface area contributed by atoms with E-state index in [0.29, 0.717) is 0 Å². The minimum absolute atomic E-state index is 0.849. The van der Waals surface area contributed by atoms with Gasteiger partial charge in [0.15, 0.2) is 12.3 Å². The van der Waals surface area contributed by atoms with Crippen LogP contribution in [-0.2, 0) is 4.74 Å². The third kappa shape index (κ3) is 2.92. The molecule has 0 aromatic heterocycles. The van der Waals surface area contributed by atoms with E-state index in [0.717, 1.165) is 7.11 Å². The molecule has 0 aromatic carbocycles. The quantitative estimate of drug-likeness (QED) is 0.604. The average Bonchev–Trinajstić information content (AvgIpc) is 2.05. The molecule has 0 saturated carbocycles. The van der Waals surface area contributed by atoms with Crippen molar-refractivity contribution in [1.29, 1.82) is 0 Å². The zero-order valence-corrected chi connectivity index (χ0v) is 6.31. The maximum absolute atomic E-state index is 12.3. The minimum Gasteiger partial charge on any atom is -0.375 e. The van der Waals surface area contributed by atoms with E-state index in [9.17, 15) is 22.0 Å². The van der Waals surface area contributed by atoms with Gasteiger partial charge in [0.25, 0.3) is 6.43 Å². The van der Waals surface area contributed by atoms with Crippen molar-refractivity contribution >= 4 is 0 Å². The Kier molecular flexibility index (Phi) is 5.12. The van der Waals surface area contributed by atoms with Crippen LogP contribution in [0.4, 0.5) is 22.0 Å². The van der Waals surface area contributed by atoms with E-state index in [1.807, 2.05) is 0 Å². The highest BCUT2D eigenvalue weighted by Gasteiger charge is 2.36. The second kappa shape index (κ2) is 5.29. The van der Waals surface area contributed by atoms with Gasteiger partial charge in [-0.15, -0.1) is 0 Å². The van der Waals surface area contributed by atoms with Gasteiger partial charge >= 0.3 is 0 Å². The summed E-state index contributed by atoms with van der Waals surface area (Å²) in [5.41, 5.74) is 0. The van der Waals surface area contributed by atoms with Gasteiger partial charge in [-0.3, -0.25) is 0 Å². The van der Waals surface area contributed by atoms with Crippen LogP contribution < -0.4 is 0 Å². The number of rotatable bonds is 5. The van der Waals surface area contributed by atoms with E-state index in [1.165, 1.54) is 0 Å². The number of hydrogen-bond acceptors (Lipinski definition) is 1. The molecule has 3 atom stereocenters. The number of alkyl halides is 5. The van der Waals surface area contributed by atoms with Crippen LogP contribution in [0.2, 0.25) is 0 Å². The lowest BCUT2D eigenvalue weighted by molar-refractivity contribution is -0.0829. The minimum atomic E-state index is -3.36. The standard InChI is InChI=1S/C6H9F5O/c1-12-5(3(8)2-7)4(9)6(10)11/h3-6H,2H2,1H3. The Morgan fingerprint density at radius 1 is 1.17 bits per heavy atom. The van der Waals surface area contributed by atoms with E-state index in [2.05, 4.69) is 4.74 Å². The van der Waals surface area contributed by atoms with Gasteiger partial charge < -0.3 is 4.74 Å². The summed E-state index contributed by atoms with van der Waals surface area (Å²) in [4.78, 5) is 0. The molecular formula is C6H9F5O. The third-order valence-electron chi connectivity index (χ3n) is 1.33. The molecule has 1 nitrogen and oxygen atoms in total. The van der Waals surface area contributed by atoms with Crippen molar-refractivity contribution in [3.05, 3.63) is 0 Å². The molecule has 0 spiro atoms. The second-order valence-electron chi connectivity index (χ2n) is 2.15. The fourth-order valence-electron chi connectivity index (χ4n) is 0.708. The van der Waals surface area contributed by atoms with Crippen molar-refractivity contribution < 1.29 is 26.7 Å². The molecule has 0 saturated heterocycles. The van der Waals surface area contributed by atoms with E-state index in [4.69, 9.17) is 0 Å². The first kappa shape index (κ1) is 11.6. The normalized spacial score (nSPS) is 19.2. The van der Waals surface area contributed by atoms with Crippen LogP contribution >= 0.6 is 0 Å². The van der Waals surface area contributed by atoms with Gasteiger partial charge in [0.05, 0.1) is 0 Å². The second-order valence-corrected chi connectivity index (χ2v) is 2.15. The predicted octanol–water partition coefficient (Wildman–Crippen LogP) is 1.91. The molecular weight excluding hydrogens is 183 g/mol. The zero-order valence-electron chi connectivity index (χ0n) is 6.31. The molecule has 0 bridgehead atoms. The Bertz CT molecular complexity index is 121. The molecule has 0 rings (SSSR count). The van der Waals surface area contributed by atoms with Crippen molar-refractivity contribution in [2.45, 2.75) is 24.9 Å². The van der Waals surface area contributed by atoms with Gasteiger partial charge in [0.1, 0.15) is 12.8 Å². The first-order valence-electron chi connectivity index (χ1n) is 3.19. The van der Waals surface area contributed by atoms with Crippen molar-refractivity contribution in [1.82, 2.24) is 0 Å². The Balaban J connectivity index is 4.13.